The largest absolute Gasteiger partial charge is 0.493 e. The van der Waals surface area contributed by atoms with Gasteiger partial charge in [-0.1, -0.05) is 25.7 Å². The fraction of sp³-hybridized carbons (Fsp3) is 0.483. The molecule has 3 aromatic rings. The summed E-state index contributed by atoms with van der Waals surface area (Å²) < 4.78 is 27.4. The van der Waals surface area contributed by atoms with Crippen LogP contribution in [0.3, 0.4) is 0 Å². The summed E-state index contributed by atoms with van der Waals surface area (Å²) in [6.45, 7) is 12.6. The van der Waals surface area contributed by atoms with Gasteiger partial charge in [-0.15, -0.1) is 0 Å². The van der Waals surface area contributed by atoms with Crippen molar-refractivity contribution in [2.24, 2.45) is 11.1 Å². The Hall–Kier alpha value is -3.08. The van der Waals surface area contributed by atoms with Crippen LogP contribution in [-0.2, 0) is 16.3 Å². The molecule has 39 heavy (non-hydrogen) atoms. The Balaban J connectivity index is 1.26. The van der Waals surface area contributed by atoms with E-state index in [1.165, 1.54) is 12.1 Å². The Labute approximate surface area is 230 Å². The van der Waals surface area contributed by atoms with E-state index in [1.54, 1.807) is 12.3 Å². The van der Waals surface area contributed by atoms with Crippen LogP contribution in [0.25, 0.3) is 11.3 Å². The van der Waals surface area contributed by atoms with Gasteiger partial charge in [-0.2, -0.15) is 5.10 Å². The fourth-order valence-corrected chi connectivity index (χ4v) is 6.19. The van der Waals surface area contributed by atoms with Gasteiger partial charge in [0.1, 0.15) is 18.3 Å². The van der Waals surface area contributed by atoms with E-state index in [0.29, 0.717) is 24.8 Å². The van der Waals surface area contributed by atoms with Crippen molar-refractivity contribution in [3.63, 3.8) is 0 Å². The number of carbonyl (C=O) groups excluding carboxylic acids is 1. The van der Waals surface area contributed by atoms with Crippen LogP contribution >= 0.6 is 0 Å². The second-order valence-corrected chi connectivity index (χ2v) is 17.8. The molecule has 0 saturated heterocycles. The smallest absolute Gasteiger partial charge is 0.241 e. The lowest BCUT2D eigenvalue weighted by Crippen LogP contribution is -2.47. The number of benzene rings is 1. The van der Waals surface area contributed by atoms with Crippen molar-refractivity contribution in [3.05, 3.63) is 59.3 Å². The first kappa shape index (κ1) is 27.5. The summed E-state index contributed by atoms with van der Waals surface area (Å²) in [5.41, 5.74) is 11.3. The van der Waals surface area contributed by atoms with E-state index in [-0.39, 0.29) is 23.1 Å². The van der Waals surface area contributed by atoms with Crippen molar-refractivity contribution < 1.29 is 18.7 Å². The third-order valence-electron chi connectivity index (χ3n) is 7.92. The van der Waals surface area contributed by atoms with Gasteiger partial charge in [0.05, 0.1) is 35.9 Å². The van der Waals surface area contributed by atoms with E-state index in [9.17, 15) is 9.18 Å². The number of aromatic nitrogens is 3. The second-order valence-electron chi connectivity index (χ2n) is 12.2. The van der Waals surface area contributed by atoms with Crippen molar-refractivity contribution in [2.75, 3.05) is 18.5 Å². The predicted molar refractivity (Wildman–Crippen MR) is 152 cm³/mol. The van der Waals surface area contributed by atoms with Crippen LogP contribution in [0.2, 0.25) is 25.7 Å². The maximum atomic E-state index is 13.8. The molecule has 2 aliphatic rings. The molecule has 1 fully saturated rings. The highest BCUT2D eigenvalue weighted by Gasteiger charge is 2.56. The standard InChI is InChI=1S/C29H38FN5O3Si/c1-18-25(19(2)35(34-18)17-37-12-13-39(3,4)5)23-9-7-21(15-32-23)33-28(36)27(31)26-22-8-6-20(30)14-24(22)38-16-29(26)10-11-29/h6-9,14-15,26-27H,10-13,16-17,31H2,1-5H3,(H,33,36)/t26?,27-/m0/s1. The van der Waals surface area contributed by atoms with E-state index in [2.05, 4.69) is 35.0 Å². The first-order valence-corrected chi connectivity index (χ1v) is 17.2. The summed E-state index contributed by atoms with van der Waals surface area (Å²) in [6.07, 6.45) is 3.50. The molecule has 1 unspecified atom stereocenters. The Morgan fingerprint density at radius 3 is 2.72 bits per heavy atom. The van der Waals surface area contributed by atoms with Gasteiger partial charge < -0.3 is 20.5 Å². The molecule has 1 aromatic carbocycles. The first-order chi connectivity index (χ1) is 18.5. The number of hydrogen-bond acceptors (Lipinski definition) is 6. The molecule has 8 nitrogen and oxygen atoms in total. The summed E-state index contributed by atoms with van der Waals surface area (Å²) in [5.74, 6) is -0.430. The number of carbonyl (C=O) groups is 1. The molecule has 1 amide bonds. The van der Waals surface area contributed by atoms with Crippen molar-refractivity contribution in [3.8, 4) is 17.0 Å². The number of halogens is 1. The number of nitrogens with zero attached hydrogens (tertiary/aromatic N) is 3. The zero-order chi connectivity index (χ0) is 27.9. The van der Waals surface area contributed by atoms with Crippen molar-refractivity contribution in [1.29, 1.82) is 0 Å². The minimum absolute atomic E-state index is 0.169. The van der Waals surface area contributed by atoms with Gasteiger partial charge in [0.15, 0.2) is 0 Å². The predicted octanol–water partition coefficient (Wildman–Crippen LogP) is 5.24. The SMILES string of the molecule is Cc1nn(COCC[Si](C)(C)C)c(C)c1-c1ccc(NC(=O)[C@@H](N)C2c3ccc(F)cc3OCC23CC3)cn1. The van der Waals surface area contributed by atoms with Crippen LogP contribution in [-0.4, -0.2) is 48.0 Å². The summed E-state index contributed by atoms with van der Waals surface area (Å²) in [7, 11) is -1.15. The van der Waals surface area contributed by atoms with Crippen molar-refractivity contribution >= 4 is 19.7 Å². The molecule has 1 aliphatic heterocycles. The van der Waals surface area contributed by atoms with E-state index in [0.717, 1.165) is 53.7 Å². The van der Waals surface area contributed by atoms with E-state index >= 15 is 0 Å². The highest BCUT2D eigenvalue weighted by atomic mass is 28.3. The second kappa shape index (κ2) is 10.5. The van der Waals surface area contributed by atoms with Crippen LogP contribution in [0, 0.1) is 25.1 Å². The summed E-state index contributed by atoms with van der Waals surface area (Å²) in [6, 6.07) is 8.48. The zero-order valence-corrected chi connectivity index (χ0v) is 24.4. The Morgan fingerprint density at radius 2 is 2.05 bits per heavy atom. The molecule has 2 aromatic heterocycles. The monoisotopic (exact) mass is 551 g/mol. The number of fused-ring (bicyclic) bond motifs is 1. The number of amides is 1. The van der Waals surface area contributed by atoms with Crippen LogP contribution < -0.4 is 15.8 Å². The van der Waals surface area contributed by atoms with Gasteiger partial charge in [-0.25, -0.2) is 9.07 Å². The van der Waals surface area contributed by atoms with Gasteiger partial charge >= 0.3 is 0 Å². The summed E-state index contributed by atoms with van der Waals surface area (Å²) in [5, 5.41) is 7.58. The first-order valence-electron chi connectivity index (χ1n) is 13.5. The molecule has 1 aliphatic carbocycles. The van der Waals surface area contributed by atoms with Crippen LogP contribution in [0.15, 0.2) is 36.5 Å². The van der Waals surface area contributed by atoms with Gasteiger partial charge in [0, 0.05) is 48.9 Å². The summed E-state index contributed by atoms with van der Waals surface area (Å²) in [4.78, 5) is 17.9. The molecular formula is C29H38FN5O3Si. The number of nitrogens with two attached hydrogens (primary N) is 1. The molecule has 0 radical (unpaired) electrons. The topological polar surface area (TPSA) is 104 Å². The number of nitrogens with one attached hydrogen (secondary N) is 1. The highest BCUT2D eigenvalue weighted by molar-refractivity contribution is 6.76. The molecule has 1 saturated carbocycles. The fourth-order valence-electron chi connectivity index (χ4n) is 5.44. The molecule has 1 spiro atoms. The Morgan fingerprint density at radius 1 is 1.28 bits per heavy atom. The van der Waals surface area contributed by atoms with Crippen LogP contribution in [0.5, 0.6) is 5.75 Å². The lowest BCUT2D eigenvalue weighted by molar-refractivity contribution is -0.118. The lowest BCUT2D eigenvalue weighted by Gasteiger charge is -2.37. The quantitative estimate of drug-likeness (QED) is 0.279. The van der Waals surface area contributed by atoms with Gasteiger partial charge in [0.25, 0.3) is 0 Å². The zero-order valence-electron chi connectivity index (χ0n) is 23.4. The number of ether oxygens (including phenoxy) is 2. The molecule has 208 valence electrons. The van der Waals surface area contributed by atoms with Crippen LogP contribution in [0.4, 0.5) is 10.1 Å². The van der Waals surface area contributed by atoms with E-state index in [1.807, 2.05) is 30.7 Å². The van der Waals surface area contributed by atoms with Crippen molar-refractivity contribution in [1.82, 2.24) is 14.8 Å². The maximum Gasteiger partial charge on any atom is 0.241 e. The minimum Gasteiger partial charge on any atom is -0.493 e. The van der Waals surface area contributed by atoms with Gasteiger partial charge in [-0.3, -0.25) is 9.78 Å². The van der Waals surface area contributed by atoms with Crippen molar-refractivity contribution in [2.45, 2.75) is 71.1 Å². The normalized spacial score (nSPS) is 18.4. The molecule has 3 N–H and O–H groups in total. The molecule has 2 atom stereocenters. The Kier molecular flexibility index (Phi) is 7.38. The van der Waals surface area contributed by atoms with Gasteiger partial charge in [-0.05, 0) is 50.9 Å². The number of aryl methyl sites for hydroxylation is 1. The third-order valence-corrected chi connectivity index (χ3v) is 9.62. The van der Waals surface area contributed by atoms with Gasteiger partial charge in [0.2, 0.25) is 5.91 Å². The number of rotatable bonds is 9. The highest BCUT2D eigenvalue weighted by Crippen LogP contribution is 2.60. The molecule has 10 heteroatoms. The lowest BCUT2D eigenvalue weighted by atomic mass is 9.76. The number of pyridine rings is 1. The third kappa shape index (κ3) is 5.78. The number of anilines is 1. The van der Waals surface area contributed by atoms with Crippen LogP contribution in [0.1, 0.15) is 35.7 Å². The summed E-state index contributed by atoms with van der Waals surface area (Å²) >= 11 is 0. The average Bonchev–Trinajstić information content (AvgIpc) is 3.59. The molecule has 3 heterocycles. The molecule has 0 bridgehead atoms. The maximum absolute atomic E-state index is 13.8. The Bertz CT molecular complexity index is 1360. The van der Waals surface area contributed by atoms with E-state index < -0.39 is 14.1 Å². The average molecular weight is 552 g/mol. The number of hydrogen-bond donors (Lipinski definition) is 2. The molecule has 5 rings (SSSR count). The molecular weight excluding hydrogens is 513 g/mol. The minimum atomic E-state index is -1.15. The van der Waals surface area contributed by atoms with E-state index in [4.69, 9.17) is 15.2 Å².